The smallest absolute Gasteiger partial charge is 0.368 e. The van der Waals surface area contributed by atoms with E-state index < -0.39 is 29.7 Å². The average molecular weight is 430 g/mol. The van der Waals surface area contributed by atoms with Crippen LogP contribution in [-0.2, 0) is 4.79 Å². The first-order chi connectivity index (χ1) is 14.6. The van der Waals surface area contributed by atoms with Crippen molar-refractivity contribution in [1.29, 1.82) is 5.26 Å². The van der Waals surface area contributed by atoms with Crippen LogP contribution in [0.15, 0.2) is 42.6 Å². The van der Waals surface area contributed by atoms with E-state index in [1.54, 1.807) is 31.3 Å². The molecule has 0 bridgehead atoms. The van der Waals surface area contributed by atoms with Crippen LogP contribution in [0.1, 0.15) is 49.9 Å². The van der Waals surface area contributed by atoms with Gasteiger partial charge < -0.3 is 5.73 Å². The van der Waals surface area contributed by atoms with Gasteiger partial charge in [-0.1, -0.05) is 37.6 Å². The number of halogens is 3. The topological polar surface area (TPSA) is 83.0 Å². The van der Waals surface area contributed by atoms with Crippen molar-refractivity contribution in [2.24, 2.45) is 5.73 Å². The second-order valence-electron chi connectivity index (χ2n) is 8.01. The Morgan fingerprint density at radius 3 is 2.35 bits per heavy atom. The van der Waals surface area contributed by atoms with Gasteiger partial charge in [0.2, 0.25) is 5.91 Å². The van der Waals surface area contributed by atoms with Gasteiger partial charge >= 0.3 is 6.18 Å². The quantitative estimate of drug-likeness (QED) is 0.660. The number of primary amides is 1. The van der Waals surface area contributed by atoms with Crippen LogP contribution >= 0.6 is 0 Å². The molecular weight excluding hydrogens is 405 g/mol. The average Bonchev–Trinajstić information content (AvgIpc) is 3.51. The molecular formula is C23H25F3N4O. The molecule has 5 nitrogen and oxygen atoms in total. The standard InChI is InChI=1S/C23H25F3N4O/c1-3-4-19(21(28)31)30(22(14-27)10-11-22)20(23(24,25)26)17-7-5-16(6-8-17)18-9-12-29-15(2)13-18/h5-9,12-13,19-20H,3-4,10-11H2,1-2H3,(H2,28,31)/t19-,20-/m0/s1. The Bertz CT molecular complexity index is 978. The summed E-state index contributed by atoms with van der Waals surface area (Å²) in [5.74, 6) is -0.846. The maximum Gasteiger partial charge on any atom is 0.408 e. The number of pyridine rings is 1. The van der Waals surface area contributed by atoms with Crippen LogP contribution in [0.2, 0.25) is 0 Å². The minimum Gasteiger partial charge on any atom is -0.368 e. The molecule has 164 valence electrons. The minimum atomic E-state index is -4.69. The second kappa shape index (κ2) is 8.67. The molecule has 1 heterocycles. The van der Waals surface area contributed by atoms with Crippen LogP contribution in [-0.4, -0.2) is 33.5 Å². The maximum absolute atomic E-state index is 14.4. The summed E-state index contributed by atoms with van der Waals surface area (Å²) in [5.41, 5.74) is 6.55. The van der Waals surface area contributed by atoms with Crippen LogP contribution in [0.25, 0.3) is 11.1 Å². The highest BCUT2D eigenvalue weighted by molar-refractivity contribution is 5.80. The minimum absolute atomic E-state index is 0.0223. The fourth-order valence-corrected chi connectivity index (χ4v) is 4.05. The number of aromatic nitrogens is 1. The molecule has 8 heteroatoms. The highest BCUT2D eigenvalue weighted by Crippen LogP contribution is 2.51. The predicted molar refractivity (Wildman–Crippen MR) is 111 cm³/mol. The van der Waals surface area contributed by atoms with E-state index in [9.17, 15) is 23.2 Å². The van der Waals surface area contributed by atoms with E-state index in [0.29, 0.717) is 6.42 Å². The predicted octanol–water partition coefficient (Wildman–Crippen LogP) is 4.67. The van der Waals surface area contributed by atoms with Gasteiger partial charge in [-0.3, -0.25) is 14.7 Å². The molecule has 1 aromatic heterocycles. The van der Waals surface area contributed by atoms with E-state index in [-0.39, 0.29) is 24.8 Å². The van der Waals surface area contributed by atoms with Crippen LogP contribution < -0.4 is 5.73 Å². The zero-order valence-corrected chi connectivity index (χ0v) is 17.5. The summed E-state index contributed by atoms with van der Waals surface area (Å²) in [6.45, 7) is 3.61. The Balaban J connectivity index is 2.07. The molecule has 1 aliphatic carbocycles. The van der Waals surface area contributed by atoms with E-state index in [4.69, 9.17) is 5.73 Å². The third kappa shape index (κ3) is 4.72. The molecule has 2 atom stereocenters. The van der Waals surface area contributed by atoms with Crippen LogP contribution in [0, 0.1) is 18.3 Å². The van der Waals surface area contributed by atoms with E-state index in [1.807, 2.05) is 19.1 Å². The first kappa shape index (κ1) is 22.8. The normalized spacial score (nSPS) is 17.1. The highest BCUT2D eigenvalue weighted by Gasteiger charge is 2.60. The Kier molecular flexibility index (Phi) is 6.37. The molecule has 0 saturated heterocycles. The largest absolute Gasteiger partial charge is 0.408 e. The SMILES string of the molecule is CCC[C@@H](C(N)=O)N([C@@H](c1ccc(-c2ccnc(C)c2)cc1)C(F)(F)F)C1(C#N)CC1. The van der Waals surface area contributed by atoms with Gasteiger partial charge in [0.25, 0.3) is 0 Å². The van der Waals surface area contributed by atoms with Gasteiger partial charge in [-0.25, -0.2) is 0 Å². The van der Waals surface area contributed by atoms with Gasteiger partial charge in [-0.2, -0.15) is 18.4 Å². The van der Waals surface area contributed by atoms with E-state index in [0.717, 1.165) is 21.7 Å². The van der Waals surface area contributed by atoms with Crippen molar-refractivity contribution in [3.05, 3.63) is 53.9 Å². The van der Waals surface area contributed by atoms with Gasteiger partial charge in [0.15, 0.2) is 0 Å². The summed E-state index contributed by atoms with van der Waals surface area (Å²) in [5, 5.41) is 9.69. The van der Waals surface area contributed by atoms with Crippen molar-refractivity contribution in [3.8, 4) is 17.2 Å². The highest BCUT2D eigenvalue weighted by atomic mass is 19.4. The third-order valence-corrected chi connectivity index (χ3v) is 5.70. The number of carbonyl (C=O) groups is 1. The van der Waals surface area contributed by atoms with E-state index in [1.165, 1.54) is 12.1 Å². The summed E-state index contributed by atoms with van der Waals surface area (Å²) in [6.07, 6.45) is -1.88. The number of amides is 1. The monoisotopic (exact) mass is 430 g/mol. The lowest BCUT2D eigenvalue weighted by Crippen LogP contribution is -2.55. The van der Waals surface area contributed by atoms with Crippen molar-refractivity contribution < 1.29 is 18.0 Å². The third-order valence-electron chi connectivity index (χ3n) is 5.70. The van der Waals surface area contributed by atoms with Crippen molar-refractivity contribution >= 4 is 5.91 Å². The summed E-state index contributed by atoms with van der Waals surface area (Å²) >= 11 is 0. The van der Waals surface area contributed by atoms with Crippen molar-refractivity contribution in [2.75, 3.05) is 0 Å². The second-order valence-corrected chi connectivity index (χ2v) is 8.01. The molecule has 1 amide bonds. The lowest BCUT2D eigenvalue weighted by molar-refractivity contribution is -0.199. The number of hydrogen-bond donors (Lipinski definition) is 1. The molecule has 0 unspecified atom stereocenters. The fourth-order valence-electron chi connectivity index (χ4n) is 4.05. The Morgan fingerprint density at radius 1 is 1.26 bits per heavy atom. The Labute approximate surface area is 179 Å². The first-order valence-electron chi connectivity index (χ1n) is 10.2. The molecule has 2 aromatic rings. The lowest BCUT2D eigenvalue weighted by Gasteiger charge is -2.41. The first-order valence-corrected chi connectivity index (χ1v) is 10.2. The number of rotatable bonds is 8. The molecule has 31 heavy (non-hydrogen) atoms. The summed E-state index contributed by atoms with van der Waals surface area (Å²) in [4.78, 5) is 17.3. The molecule has 3 rings (SSSR count). The Hall–Kier alpha value is -2.92. The molecule has 0 radical (unpaired) electrons. The molecule has 1 aromatic carbocycles. The molecule has 2 N–H and O–H groups in total. The van der Waals surface area contributed by atoms with E-state index in [2.05, 4.69) is 4.98 Å². The van der Waals surface area contributed by atoms with E-state index >= 15 is 0 Å². The lowest BCUT2D eigenvalue weighted by atomic mass is 9.95. The van der Waals surface area contributed by atoms with Crippen molar-refractivity contribution in [3.63, 3.8) is 0 Å². The number of nitrogens with two attached hydrogens (primary N) is 1. The van der Waals surface area contributed by atoms with Gasteiger partial charge in [0.1, 0.15) is 11.6 Å². The number of aryl methyl sites for hydroxylation is 1. The van der Waals surface area contributed by atoms with Gasteiger partial charge in [-0.15, -0.1) is 0 Å². The number of nitriles is 1. The number of benzene rings is 1. The number of alkyl halides is 3. The summed E-state index contributed by atoms with van der Waals surface area (Å²) < 4.78 is 43.1. The summed E-state index contributed by atoms with van der Waals surface area (Å²) in [6, 6.07) is 8.43. The van der Waals surface area contributed by atoms with Crippen molar-refractivity contribution in [2.45, 2.75) is 63.3 Å². The van der Waals surface area contributed by atoms with Gasteiger partial charge in [0.05, 0.1) is 12.1 Å². The van der Waals surface area contributed by atoms with Crippen LogP contribution in [0.5, 0.6) is 0 Å². The van der Waals surface area contributed by atoms with Crippen LogP contribution in [0.3, 0.4) is 0 Å². The number of nitrogens with zero attached hydrogens (tertiary/aromatic N) is 3. The van der Waals surface area contributed by atoms with Gasteiger partial charge in [0, 0.05) is 11.9 Å². The maximum atomic E-state index is 14.4. The van der Waals surface area contributed by atoms with Gasteiger partial charge in [-0.05, 0) is 55.0 Å². The zero-order valence-electron chi connectivity index (χ0n) is 17.5. The van der Waals surface area contributed by atoms with Crippen molar-refractivity contribution in [1.82, 2.24) is 9.88 Å². The zero-order chi connectivity index (χ0) is 22.8. The molecule has 1 saturated carbocycles. The number of hydrogen-bond acceptors (Lipinski definition) is 4. The summed E-state index contributed by atoms with van der Waals surface area (Å²) in [7, 11) is 0. The molecule has 1 fully saturated rings. The Morgan fingerprint density at radius 2 is 1.90 bits per heavy atom. The van der Waals surface area contributed by atoms with Crippen LogP contribution in [0.4, 0.5) is 13.2 Å². The number of carbonyl (C=O) groups excluding carboxylic acids is 1. The molecule has 0 spiro atoms. The molecule has 1 aliphatic rings. The fraction of sp³-hybridized carbons (Fsp3) is 0.435. The molecule has 0 aliphatic heterocycles.